The van der Waals surface area contributed by atoms with Crippen molar-refractivity contribution in [2.24, 2.45) is 0 Å². The average molecular weight is 466 g/mol. The van der Waals surface area contributed by atoms with Crippen molar-refractivity contribution in [3.8, 4) is 5.69 Å². The summed E-state index contributed by atoms with van der Waals surface area (Å²) in [5, 5.41) is 8.35. The van der Waals surface area contributed by atoms with E-state index in [1.807, 2.05) is 23.7 Å². The van der Waals surface area contributed by atoms with Gasteiger partial charge in [0.15, 0.2) is 5.78 Å². The molecule has 0 radical (unpaired) electrons. The highest BCUT2D eigenvalue weighted by molar-refractivity contribution is 9.10. The number of rotatable bonds is 2. The van der Waals surface area contributed by atoms with E-state index in [9.17, 15) is 9.18 Å². The molecule has 1 unspecified atom stereocenters. The number of fused-ring (bicyclic) bond motifs is 1. The average Bonchev–Trinajstić information content (AvgIpc) is 3.06. The van der Waals surface area contributed by atoms with Gasteiger partial charge in [-0.15, -0.1) is 0 Å². The van der Waals surface area contributed by atoms with Gasteiger partial charge in [-0.25, -0.2) is 9.07 Å². The molecule has 152 valence electrons. The molecule has 0 saturated heterocycles. The van der Waals surface area contributed by atoms with Crippen LogP contribution in [0.4, 0.5) is 10.2 Å². The van der Waals surface area contributed by atoms with Gasteiger partial charge in [0.25, 0.3) is 0 Å². The van der Waals surface area contributed by atoms with Gasteiger partial charge in [0.1, 0.15) is 11.6 Å². The zero-order valence-electron chi connectivity index (χ0n) is 16.8. The molecule has 1 N–H and O–H groups in total. The van der Waals surface area contributed by atoms with Crippen molar-refractivity contribution in [1.82, 2.24) is 9.78 Å². The highest BCUT2D eigenvalue weighted by atomic mass is 79.9. The van der Waals surface area contributed by atoms with Crippen LogP contribution in [0.1, 0.15) is 47.6 Å². The highest BCUT2D eigenvalue weighted by Gasteiger charge is 2.38. The van der Waals surface area contributed by atoms with Gasteiger partial charge in [-0.05, 0) is 72.4 Å². The van der Waals surface area contributed by atoms with Crippen molar-refractivity contribution >= 4 is 27.5 Å². The summed E-state index contributed by atoms with van der Waals surface area (Å²) < 4.78 is 16.3. The Hall–Kier alpha value is -2.73. The van der Waals surface area contributed by atoms with Crippen LogP contribution in [0.3, 0.4) is 0 Å². The predicted molar refractivity (Wildman–Crippen MR) is 118 cm³/mol. The number of aryl methyl sites for hydroxylation is 2. The van der Waals surface area contributed by atoms with Crippen LogP contribution in [0, 0.1) is 19.7 Å². The normalized spacial score (nSPS) is 18.1. The summed E-state index contributed by atoms with van der Waals surface area (Å²) in [7, 11) is 0. The van der Waals surface area contributed by atoms with Crippen LogP contribution < -0.4 is 5.32 Å². The van der Waals surface area contributed by atoms with E-state index in [2.05, 4.69) is 40.3 Å². The van der Waals surface area contributed by atoms with Crippen molar-refractivity contribution in [1.29, 1.82) is 0 Å². The van der Waals surface area contributed by atoms with Gasteiger partial charge >= 0.3 is 0 Å². The second-order valence-electron chi connectivity index (χ2n) is 8.00. The second-order valence-corrected chi connectivity index (χ2v) is 8.85. The molecule has 5 rings (SSSR count). The van der Waals surface area contributed by atoms with Gasteiger partial charge in [0.2, 0.25) is 0 Å². The third kappa shape index (κ3) is 3.01. The Morgan fingerprint density at radius 1 is 1.13 bits per heavy atom. The van der Waals surface area contributed by atoms with Crippen molar-refractivity contribution in [3.63, 3.8) is 0 Å². The number of aromatic nitrogens is 2. The summed E-state index contributed by atoms with van der Waals surface area (Å²) in [5.41, 5.74) is 6.61. The first kappa shape index (κ1) is 19.2. The molecule has 1 aliphatic heterocycles. The number of allylic oxidation sites excluding steroid dienone is 2. The molecule has 0 saturated carbocycles. The SMILES string of the molecule is Cc1ccc(-n2nc(C)c3c2NC2=C(C(=O)CCC2)C3c2ccc(F)c(Br)c2)cc1. The zero-order valence-corrected chi connectivity index (χ0v) is 18.4. The van der Waals surface area contributed by atoms with Crippen LogP contribution in [0.25, 0.3) is 5.69 Å². The van der Waals surface area contributed by atoms with Crippen LogP contribution in [-0.4, -0.2) is 15.6 Å². The zero-order chi connectivity index (χ0) is 21.0. The minimum atomic E-state index is -0.316. The molecular formula is C24H21BrFN3O. The molecule has 30 heavy (non-hydrogen) atoms. The summed E-state index contributed by atoms with van der Waals surface area (Å²) in [6, 6.07) is 13.2. The number of ketones is 1. The molecule has 1 atom stereocenters. The number of halogens is 2. The van der Waals surface area contributed by atoms with Gasteiger partial charge < -0.3 is 5.32 Å². The molecule has 3 aromatic rings. The summed E-state index contributed by atoms with van der Waals surface area (Å²) in [6.07, 6.45) is 2.19. The molecule has 0 fully saturated rings. The lowest BCUT2D eigenvalue weighted by Gasteiger charge is -2.33. The number of benzene rings is 2. The minimum absolute atomic E-state index is 0.155. The van der Waals surface area contributed by atoms with Crippen molar-refractivity contribution in [2.75, 3.05) is 5.32 Å². The van der Waals surface area contributed by atoms with E-state index < -0.39 is 0 Å². The van der Waals surface area contributed by atoms with Gasteiger partial charge in [-0.1, -0.05) is 23.8 Å². The maximum Gasteiger partial charge on any atom is 0.161 e. The lowest BCUT2D eigenvalue weighted by molar-refractivity contribution is -0.116. The first-order valence-electron chi connectivity index (χ1n) is 10.1. The van der Waals surface area contributed by atoms with Gasteiger partial charge in [-0.3, -0.25) is 4.79 Å². The number of Topliss-reactive ketones (excluding diaryl/α,β-unsaturated/α-hetero) is 1. The van der Waals surface area contributed by atoms with E-state index >= 15 is 0 Å². The molecule has 2 aromatic carbocycles. The fraction of sp³-hybridized carbons (Fsp3) is 0.250. The molecule has 0 bridgehead atoms. The molecule has 4 nitrogen and oxygen atoms in total. The van der Waals surface area contributed by atoms with E-state index in [1.54, 1.807) is 12.1 Å². The number of anilines is 1. The Morgan fingerprint density at radius 2 is 1.90 bits per heavy atom. The highest BCUT2D eigenvalue weighted by Crippen LogP contribution is 2.47. The van der Waals surface area contributed by atoms with E-state index in [4.69, 9.17) is 5.10 Å². The molecule has 2 aliphatic rings. The Bertz CT molecular complexity index is 1210. The van der Waals surface area contributed by atoms with Crippen LogP contribution in [-0.2, 0) is 4.79 Å². The molecule has 1 aliphatic carbocycles. The van der Waals surface area contributed by atoms with Gasteiger partial charge in [0, 0.05) is 29.2 Å². The van der Waals surface area contributed by atoms with E-state index in [0.29, 0.717) is 10.9 Å². The van der Waals surface area contributed by atoms with Crippen molar-refractivity contribution in [3.05, 3.63) is 86.4 Å². The second kappa shape index (κ2) is 7.20. The van der Waals surface area contributed by atoms with E-state index in [-0.39, 0.29) is 17.5 Å². The summed E-state index contributed by atoms with van der Waals surface area (Å²) in [6.45, 7) is 4.02. The third-order valence-corrected chi connectivity index (χ3v) is 6.57. The van der Waals surface area contributed by atoms with Crippen LogP contribution in [0.15, 0.2) is 58.2 Å². The molecule has 0 amide bonds. The lowest BCUT2D eigenvalue weighted by atomic mass is 9.76. The Labute approximate surface area is 182 Å². The maximum absolute atomic E-state index is 14.0. The molecule has 2 heterocycles. The molecule has 6 heteroatoms. The fourth-order valence-corrected chi connectivity index (χ4v) is 4.92. The Balaban J connectivity index is 1.75. The monoisotopic (exact) mass is 465 g/mol. The van der Waals surface area contributed by atoms with E-state index in [0.717, 1.165) is 52.4 Å². The third-order valence-electron chi connectivity index (χ3n) is 5.97. The molecule has 1 aromatic heterocycles. The largest absolute Gasteiger partial charge is 0.343 e. The maximum atomic E-state index is 14.0. The summed E-state index contributed by atoms with van der Waals surface area (Å²) in [5.74, 6) is 0.460. The van der Waals surface area contributed by atoms with Gasteiger partial charge in [0.05, 0.1) is 15.9 Å². The number of carbonyl (C=O) groups excluding carboxylic acids is 1. The minimum Gasteiger partial charge on any atom is -0.343 e. The van der Waals surface area contributed by atoms with E-state index in [1.165, 1.54) is 11.6 Å². The fourth-order valence-electron chi connectivity index (χ4n) is 4.52. The lowest BCUT2D eigenvalue weighted by Crippen LogP contribution is -2.27. The first-order valence-corrected chi connectivity index (χ1v) is 10.9. The molecule has 0 spiro atoms. The topological polar surface area (TPSA) is 46.9 Å². The van der Waals surface area contributed by atoms with Crippen LogP contribution in [0.5, 0.6) is 0 Å². The first-order chi connectivity index (χ1) is 14.4. The Morgan fingerprint density at radius 3 is 2.63 bits per heavy atom. The summed E-state index contributed by atoms with van der Waals surface area (Å²) in [4.78, 5) is 13.0. The number of hydrogen-bond acceptors (Lipinski definition) is 3. The van der Waals surface area contributed by atoms with Crippen LogP contribution in [0.2, 0.25) is 0 Å². The quantitative estimate of drug-likeness (QED) is 0.508. The Kier molecular flexibility index (Phi) is 4.62. The standard InChI is InChI=1S/C24H21BrFN3O/c1-13-6-9-16(10-7-13)29-24-21(14(2)28-29)22(15-8-11-18(26)17(25)12-15)23-19(27-24)4-3-5-20(23)30/h6-12,22,27H,3-5H2,1-2H3. The smallest absolute Gasteiger partial charge is 0.161 e. The number of nitrogens with one attached hydrogen (secondary N) is 1. The predicted octanol–water partition coefficient (Wildman–Crippen LogP) is 5.96. The number of nitrogens with zero attached hydrogens (tertiary/aromatic N) is 2. The van der Waals surface area contributed by atoms with Crippen LogP contribution >= 0.6 is 15.9 Å². The van der Waals surface area contributed by atoms with Crippen molar-refractivity contribution in [2.45, 2.75) is 39.0 Å². The molecular weight excluding hydrogens is 445 g/mol. The summed E-state index contributed by atoms with van der Waals surface area (Å²) >= 11 is 3.31. The number of hydrogen-bond donors (Lipinski definition) is 1. The van der Waals surface area contributed by atoms with Crippen molar-refractivity contribution < 1.29 is 9.18 Å². The van der Waals surface area contributed by atoms with Gasteiger partial charge in [-0.2, -0.15) is 5.10 Å². The number of carbonyl (C=O) groups is 1.